The van der Waals surface area contributed by atoms with E-state index in [1.807, 2.05) is 6.92 Å². The topological polar surface area (TPSA) is 68.4 Å². The number of amides is 1. The molecule has 0 spiro atoms. The molecule has 4 aliphatic rings. The fourth-order valence-electron chi connectivity index (χ4n) is 5.59. The van der Waals surface area contributed by atoms with E-state index in [9.17, 15) is 4.79 Å². The lowest BCUT2D eigenvalue weighted by Crippen LogP contribution is -2.54. The fourth-order valence-corrected chi connectivity index (χ4v) is 5.59. The number of hydrogen-bond acceptors (Lipinski definition) is 5. The Bertz CT molecular complexity index is 707. The zero-order valence-electron chi connectivity index (χ0n) is 16.7. The molecular formula is C20H32N6O. The number of fused-ring (bicyclic) bond motifs is 1. The van der Waals surface area contributed by atoms with Crippen LogP contribution >= 0.6 is 0 Å². The van der Waals surface area contributed by atoms with E-state index in [0.29, 0.717) is 23.8 Å². The van der Waals surface area contributed by atoms with Crippen molar-refractivity contribution in [2.24, 2.45) is 11.8 Å². The number of carbonyl (C=O) groups is 1. The van der Waals surface area contributed by atoms with Crippen LogP contribution in [0.5, 0.6) is 0 Å². The quantitative estimate of drug-likeness (QED) is 0.858. The van der Waals surface area contributed by atoms with Gasteiger partial charge in [-0.15, -0.1) is 0 Å². The van der Waals surface area contributed by atoms with Gasteiger partial charge in [0.1, 0.15) is 5.82 Å². The molecule has 3 saturated heterocycles. The predicted octanol–water partition coefficient (Wildman–Crippen LogP) is 1.02. The molecule has 27 heavy (non-hydrogen) atoms. The standard InChI is InChI=1S/C20H32N6O/c1-14-21-19(23-22-14)20-7-10-25(17-5-8-24(2)9-6-17)11-16(20)12-26(13-20)18(27)15-3-4-15/h15-17H,3-13H2,1-2H3,(H,21,22,23)/t16-,20-/m1/s1. The van der Waals surface area contributed by atoms with Crippen molar-refractivity contribution in [3.8, 4) is 0 Å². The predicted molar refractivity (Wildman–Crippen MR) is 102 cm³/mol. The van der Waals surface area contributed by atoms with Gasteiger partial charge in [0, 0.05) is 37.5 Å². The lowest BCUT2D eigenvalue weighted by Gasteiger charge is -2.46. The lowest BCUT2D eigenvalue weighted by molar-refractivity contribution is -0.131. The van der Waals surface area contributed by atoms with E-state index in [0.717, 1.165) is 57.1 Å². The van der Waals surface area contributed by atoms with Crippen molar-refractivity contribution >= 4 is 5.91 Å². The third kappa shape index (κ3) is 3.09. The molecule has 1 aromatic rings. The molecule has 1 aliphatic carbocycles. The Labute approximate surface area is 161 Å². The van der Waals surface area contributed by atoms with Crippen molar-refractivity contribution in [3.05, 3.63) is 11.6 Å². The average molecular weight is 373 g/mol. The maximum atomic E-state index is 12.8. The number of nitrogens with zero attached hydrogens (tertiary/aromatic N) is 5. The maximum Gasteiger partial charge on any atom is 0.225 e. The summed E-state index contributed by atoms with van der Waals surface area (Å²) < 4.78 is 0. The van der Waals surface area contributed by atoms with Crippen LogP contribution in [0.2, 0.25) is 0 Å². The summed E-state index contributed by atoms with van der Waals surface area (Å²) in [4.78, 5) is 24.8. The summed E-state index contributed by atoms with van der Waals surface area (Å²) in [6.45, 7) is 8.24. The van der Waals surface area contributed by atoms with E-state index in [2.05, 4.69) is 31.9 Å². The Morgan fingerprint density at radius 2 is 1.93 bits per heavy atom. The molecule has 3 aliphatic heterocycles. The molecule has 1 aromatic heterocycles. The van der Waals surface area contributed by atoms with Gasteiger partial charge in [-0.3, -0.25) is 14.8 Å². The summed E-state index contributed by atoms with van der Waals surface area (Å²) in [5.74, 6) is 2.94. The highest BCUT2D eigenvalue weighted by Gasteiger charge is 2.55. The average Bonchev–Trinajstić information content (AvgIpc) is 3.31. The van der Waals surface area contributed by atoms with E-state index >= 15 is 0 Å². The van der Waals surface area contributed by atoms with Gasteiger partial charge in [-0.05, 0) is 65.7 Å². The van der Waals surface area contributed by atoms with Gasteiger partial charge in [-0.1, -0.05) is 0 Å². The molecule has 148 valence electrons. The normalized spacial score (nSPS) is 33.4. The molecule has 1 saturated carbocycles. The van der Waals surface area contributed by atoms with E-state index in [1.54, 1.807) is 0 Å². The van der Waals surface area contributed by atoms with Gasteiger partial charge in [0.25, 0.3) is 0 Å². The number of aryl methyl sites for hydroxylation is 1. The Kier molecular flexibility index (Phi) is 4.27. The third-order valence-corrected chi connectivity index (χ3v) is 7.48. The van der Waals surface area contributed by atoms with E-state index in [1.165, 1.54) is 25.9 Å². The zero-order chi connectivity index (χ0) is 18.6. The van der Waals surface area contributed by atoms with Crippen molar-refractivity contribution in [1.82, 2.24) is 29.9 Å². The molecule has 0 radical (unpaired) electrons. The number of aromatic nitrogens is 3. The first-order valence-electron chi connectivity index (χ1n) is 10.7. The molecule has 4 heterocycles. The number of piperidine rings is 2. The molecule has 7 heteroatoms. The van der Waals surface area contributed by atoms with Crippen LogP contribution in [0.25, 0.3) is 0 Å². The van der Waals surface area contributed by atoms with Crippen LogP contribution in [0.1, 0.15) is 43.8 Å². The van der Waals surface area contributed by atoms with Crippen LogP contribution in [0.15, 0.2) is 0 Å². The molecular weight excluding hydrogens is 340 g/mol. The number of nitrogens with one attached hydrogen (secondary N) is 1. The first kappa shape index (κ1) is 17.6. The summed E-state index contributed by atoms with van der Waals surface area (Å²) in [6, 6.07) is 0.696. The van der Waals surface area contributed by atoms with E-state index < -0.39 is 0 Å². The highest BCUT2D eigenvalue weighted by molar-refractivity contribution is 5.81. The number of likely N-dealkylation sites (tertiary alicyclic amines) is 3. The Morgan fingerprint density at radius 3 is 2.59 bits per heavy atom. The molecule has 4 fully saturated rings. The zero-order valence-corrected chi connectivity index (χ0v) is 16.7. The van der Waals surface area contributed by atoms with Gasteiger partial charge in [-0.25, -0.2) is 4.98 Å². The van der Waals surface area contributed by atoms with Crippen molar-refractivity contribution in [2.75, 3.05) is 46.3 Å². The molecule has 0 aromatic carbocycles. The van der Waals surface area contributed by atoms with Gasteiger partial charge in [0.05, 0.1) is 5.41 Å². The third-order valence-electron chi connectivity index (χ3n) is 7.48. The molecule has 0 bridgehead atoms. The Morgan fingerprint density at radius 1 is 1.15 bits per heavy atom. The maximum absolute atomic E-state index is 12.8. The minimum atomic E-state index is -0.0583. The van der Waals surface area contributed by atoms with Crippen molar-refractivity contribution in [2.45, 2.75) is 50.5 Å². The summed E-state index contributed by atoms with van der Waals surface area (Å²) >= 11 is 0. The highest BCUT2D eigenvalue weighted by atomic mass is 16.2. The minimum Gasteiger partial charge on any atom is -0.341 e. The molecule has 1 N–H and O–H groups in total. The minimum absolute atomic E-state index is 0.0583. The second-order valence-corrected chi connectivity index (χ2v) is 9.37. The van der Waals surface area contributed by atoms with Gasteiger partial charge in [0.2, 0.25) is 5.91 Å². The number of carbonyl (C=O) groups excluding carboxylic acids is 1. The molecule has 7 nitrogen and oxygen atoms in total. The van der Waals surface area contributed by atoms with Gasteiger partial charge in [-0.2, -0.15) is 5.10 Å². The highest BCUT2D eigenvalue weighted by Crippen LogP contribution is 2.46. The Hall–Kier alpha value is -1.47. The second kappa shape index (κ2) is 6.55. The SMILES string of the molecule is Cc1nc([C@@]23CCN(C4CCN(C)CC4)C[C@@H]2CN(C(=O)C2CC2)C3)n[nH]1. The lowest BCUT2D eigenvalue weighted by atomic mass is 9.71. The van der Waals surface area contributed by atoms with Crippen LogP contribution in [-0.4, -0.2) is 88.1 Å². The molecule has 1 amide bonds. The van der Waals surface area contributed by atoms with Crippen molar-refractivity contribution in [1.29, 1.82) is 0 Å². The van der Waals surface area contributed by atoms with Crippen LogP contribution < -0.4 is 0 Å². The van der Waals surface area contributed by atoms with Gasteiger partial charge < -0.3 is 9.80 Å². The Balaban J connectivity index is 1.38. The summed E-state index contributed by atoms with van der Waals surface area (Å²) in [6.07, 6.45) is 5.75. The van der Waals surface area contributed by atoms with Crippen LogP contribution in [0, 0.1) is 18.8 Å². The molecule has 5 rings (SSSR count). The second-order valence-electron chi connectivity index (χ2n) is 9.37. The van der Waals surface area contributed by atoms with Crippen LogP contribution in [-0.2, 0) is 10.2 Å². The molecule has 2 atom stereocenters. The van der Waals surface area contributed by atoms with E-state index in [-0.39, 0.29) is 5.41 Å². The summed E-state index contributed by atoms with van der Waals surface area (Å²) in [7, 11) is 2.22. The van der Waals surface area contributed by atoms with Gasteiger partial charge >= 0.3 is 0 Å². The van der Waals surface area contributed by atoms with E-state index in [4.69, 9.17) is 4.98 Å². The smallest absolute Gasteiger partial charge is 0.225 e. The fraction of sp³-hybridized carbons (Fsp3) is 0.850. The first-order chi connectivity index (χ1) is 13.0. The monoisotopic (exact) mass is 372 g/mol. The number of rotatable bonds is 3. The van der Waals surface area contributed by atoms with Crippen LogP contribution in [0.3, 0.4) is 0 Å². The summed E-state index contributed by atoms with van der Waals surface area (Å²) in [5, 5.41) is 7.62. The summed E-state index contributed by atoms with van der Waals surface area (Å²) in [5.41, 5.74) is -0.0583. The number of H-pyrrole nitrogens is 1. The van der Waals surface area contributed by atoms with Crippen molar-refractivity contribution < 1.29 is 4.79 Å². The first-order valence-corrected chi connectivity index (χ1v) is 10.7. The molecule has 0 unspecified atom stereocenters. The number of aromatic amines is 1. The number of hydrogen-bond donors (Lipinski definition) is 1. The van der Waals surface area contributed by atoms with Crippen LogP contribution in [0.4, 0.5) is 0 Å². The largest absolute Gasteiger partial charge is 0.341 e. The van der Waals surface area contributed by atoms with Gasteiger partial charge in [0.15, 0.2) is 5.82 Å². The van der Waals surface area contributed by atoms with Crippen molar-refractivity contribution in [3.63, 3.8) is 0 Å².